The van der Waals surface area contributed by atoms with Gasteiger partial charge < -0.3 is 9.15 Å². The maximum atomic E-state index is 12.8. The molecule has 1 saturated heterocycles. The minimum Gasteiger partial charge on any atom is -0.496 e. The van der Waals surface area contributed by atoms with Gasteiger partial charge in [0.2, 0.25) is 0 Å². The second-order valence-electron chi connectivity index (χ2n) is 7.64. The highest BCUT2D eigenvalue weighted by Crippen LogP contribution is 2.37. The van der Waals surface area contributed by atoms with E-state index in [4.69, 9.17) is 9.15 Å². The number of nitro groups is 1. The van der Waals surface area contributed by atoms with Crippen molar-refractivity contribution in [2.45, 2.75) is 32.1 Å². The van der Waals surface area contributed by atoms with Crippen LogP contribution in [0, 0.1) is 16.0 Å². The fourth-order valence-electron chi connectivity index (χ4n) is 3.99. The zero-order valence-electron chi connectivity index (χ0n) is 17.0. The number of imide groups is 1. The van der Waals surface area contributed by atoms with Gasteiger partial charge in [-0.05, 0) is 48.7 Å². The molecule has 2 fully saturated rings. The Bertz CT molecular complexity index is 1050. The van der Waals surface area contributed by atoms with E-state index in [1.165, 1.54) is 30.6 Å². The van der Waals surface area contributed by atoms with Crippen molar-refractivity contribution < 1.29 is 23.7 Å². The molecule has 2 heterocycles. The number of ether oxygens (including phenoxy) is 1. The van der Waals surface area contributed by atoms with Crippen molar-refractivity contribution in [3.63, 3.8) is 0 Å². The van der Waals surface area contributed by atoms with E-state index >= 15 is 0 Å². The second-order valence-corrected chi connectivity index (χ2v) is 8.63. The van der Waals surface area contributed by atoms with Crippen LogP contribution in [0.15, 0.2) is 39.7 Å². The number of methoxy groups -OCH3 is 1. The van der Waals surface area contributed by atoms with E-state index in [0.29, 0.717) is 40.2 Å². The molecule has 4 rings (SSSR count). The number of hydrogen-bond acceptors (Lipinski definition) is 7. The number of hydrogen-bond donors (Lipinski definition) is 0. The molecular formula is C22H22N2O6S. The van der Waals surface area contributed by atoms with E-state index in [-0.39, 0.29) is 16.8 Å². The second kappa shape index (κ2) is 8.97. The van der Waals surface area contributed by atoms with Crippen molar-refractivity contribution in [1.82, 2.24) is 4.90 Å². The highest BCUT2D eigenvalue weighted by molar-refractivity contribution is 8.18. The Labute approximate surface area is 183 Å². The van der Waals surface area contributed by atoms with Crippen LogP contribution >= 0.6 is 11.8 Å². The summed E-state index contributed by atoms with van der Waals surface area (Å²) in [7, 11) is 1.43. The number of carbonyl (C=O) groups excluding carboxylic acids is 2. The minimum absolute atomic E-state index is 0.0842. The molecule has 1 aromatic carbocycles. The third-order valence-corrected chi connectivity index (χ3v) is 6.51. The molecular weight excluding hydrogens is 420 g/mol. The summed E-state index contributed by atoms with van der Waals surface area (Å²) in [5.74, 6) is 1.26. The normalized spacial score (nSPS) is 18.7. The molecule has 162 valence electrons. The molecule has 0 unspecified atom stereocenters. The van der Waals surface area contributed by atoms with Crippen LogP contribution in [0.3, 0.4) is 0 Å². The van der Waals surface area contributed by atoms with Gasteiger partial charge in [0.25, 0.3) is 16.8 Å². The van der Waals surface area contributed by atoms with Crippen LogP contribution in [-0.2, 0) is 4.79 Å². The Kier molecular flexibility index (Phi) is 6.13. The van der Waals surface area contributed by atoms with Crippen LogP contribution in [0.1, 0.15) is 37.9 Å². The molecule has 0 N–H and O–H groups in total. The molecule has 2 aliphatic rings. The number of amides is 2. The lowest BCUT2D eigenvalue weighted by atomic mass is 9.89. The molecule has 1 aromatic heterocycles. The molecule has 0 atom stereocenters. The zero-order valence-corrected chi connectivity index (χ0v) is 17.9. The number of carbonyl (C=O) groups is 2. The van der Waals surface area contributed by atoms with E-state index in [1.54, 1.807) is 24.3 Å². The molecule has 9 heteroatoms. The molecule has 1 aliphatic carbocycles. The summed E-state index contributed by atoms with van der Waals surface area (Å²) < 4.78 is 11.1. The first-order valence-electron chi connectivity index (χ1n) is 10.1. The van der Waals surface area contributed by atoms with Gasteiger partial charge in [0.1, 0.15) is 17.3 Å². The Morgan fingerprint density at radius 2 is 2.00 bits per heavy atom. The van der Waals surface area contributed by atoms with E-state index in [1.807, 2.05) is 0 Å². The first-order valence-corrected chi connectivity index (χ1v) is 11.0. The molecule has 0 radical (unpaired) electrons. The quantitative estimate of drug-likeness (QED) is 0.331. The average Bonchev–Trinajstić information content (AvgIpc) is 3.34. The van der Waals surface area contributed by atoms with Crippen molar-refractivity contribution >= 4 is 34.7 Å². The van der Waals surface area contributed by atoms with Gasteiger partial charge in [0.05, 0.1) is 28.6 Å². The lowest BCUT2D eigenvalue weighted by Crippen LogP contribution is -2.34. The van der Waals surface area contributed by atoms with Gasteiger partial charge in [0, 0.05) is 18.7 Å². The number of non-ortho nitro benzene ring substituents is 1. The summed E-state index contributed by atoms with van der Waals surface area (Å²) in [6.45, 7) is 0.478. The van der Waals surface area contributed by atoms with Gasteiger partial charge in [0.15, 0.2) is 0 Å². The first-order chi connectivity index (χ1) is 15.0. The number of benzene rings is 1. The van der Waals surface area contributed by atoms with Crippen LogP contribution in [-0.4, -0.2) is 34.6 Å². The Morgan fingerprint density at radius 3 is 2.71 bits per heavy atom. The third kappa shape index (κ3) is 4.51. The van der Waals surface area contributed by atoms with Crippen molar-refractivity contribution in [1.29, 1.82) is 0 Å². The van der Waals surface area contributed by atoms with Gasteiger partial charge in [-0.1, -0.05) is 19.3 Å². The van der Waals surface area contributed by atoms with E-state index in [9.17, 15) is 19.7 Å². The topological polar surface area (TPSA) is 103 Å². The summed E-state index contributed by atoms with van der Waals surface area (Å²) in [5.41, 5.74) is 0.470. The number of nitro benzene ring substituents is 1. The van der Waals surface area contributed by atoms with E-state index < -0.39 is 4.92 Å². The van der Waals surface area contributed by atoms with Crippen molar-refractivity contribution in [2.24, 2.45) is 5.92 Å². The van der Waals surface area contributed by atoms with Crippen molar-refractivity contribution in [2.75, 3.05) is 13.7 Å². The van der Waals surface area contributed by atoms with Crippen LogP contribution in [0.5, 0.6) is 5.75 Å². The summed E-state index contributed by atoms with van der Waals surface area (Å²) in [4.78, 5) is 37.3. The highest BCUT2D eigenvalue weighted by Gasteiger charge is 2.36. The summed E-state index contributed by atoms with van der Waals surface area (Å²) >= 11 is 0.922. The van der Waals surface area contributed by atoms with Gasteiger partial charge in [-0.15, -0.1) is 0 Å². The predicted molar refractivity (Wildman–Crippen MR) is 117 cm³/mol. The molecule has 8 nitrogen and oxygen atoms in total. The summed E-state index contributed by atoms with van der Waals surface area (Å²) in [5, 5.41) is 10.7. The van der Waals surface area contributed by atoms with Gasteiger partial charge in [-0.25, -0.2) is 0 Å². The SMILES string of the molecule is COc1cc([N+](=O)[O-])ccc1-c1ccc(/C=C2/SC(=O)N(CC3CCCCC3)C2=O)o1. The Balaban J connectivity index is 1.52. The standard InChI is InChI=1S/C22H22N2O6S/c1-29-19-11-15(24(27)28)7-9-17(19)18-10-8-16(30-18)12-20-21(25)23(22(26)31-20)13-14-5-3-2-4-6-14/h7-12,14H,2-6,13H2,1H3/b20-12+. The number of thioether (sulfide) groups is 1. The average molecular weight is 442 g/mol. The molecule has 1 aliphatic heterocycles. The van der Waals surface area contributed by atoms with Crippen LogP contribution in [0.25, 0.3) is 17.4 Å². The molecule has 0 spiro atoms. The molecule has 0 bridgehead atoms. The lowest BCUT2D eigenvalue weighted by molar-refractivity contribution is -0.384. The maximum absolute atomic E-state index is 12.8. The largest absolute Gasteiger partial charge is 0.496 e. The fraction of sp³-hybridized carbons (Fsp3) is 0.364. The third-order valence-electron chi connectivity index (χ3n) is 5.60. The number of rotatable bonds is 6. The monoisotopic (exact) mass is 442 g/mol. The van der Waals surface area contributed by atoms with E-state index in [0.717, 1.165) is 37.4 Å². The smallest absolute Gasteiger partial charge is 0.293 e. The molecule has 31 heavy (non-hydrogen) atoms. The number of furan rings is 1. The van der Waals surface area contributed by atoms with Crippen LogP contribution < -0.4 is 4.74 Å². The lowest BCUT2D eigenvalue weighted by Gasteiger charge is -2.25. The van der Waals surface area contributed by atoms with Gasteiger partial charge >= 0.3 is 0 Å². The van der Waals surface area contributed by atoms with Crippen LogP contribution in [0.2, 0.25) is 0 Å². The maximum Gasteiger partial charge on any atom is 0.293 e. The van der Waals surface area contributed by atoms with Gasteiger partial charge in [-0.2, -0.15) is 0 Å². The Morgan fingerprint density at radius 1 is 1.23 bits per heavy atom. The summed E-state index contributed by atoms with van der Waals surface area (Å²) in [6, 6.07) is 7.63. The first kappa shape index (κ1) is 21.2. The van der Waals surface area contributed by atoms with Crippen LogP contribution in [0.4, 0.5) is 10.5 Å². The molecule has 2 amide bonds. The highest BCUT2D eigenvalue weighted by atomic mass is 32.2. The molecule has 1 saturated carbocycles. The predicted octanol–water partition coefficient (Wildman–Crippen LogP) is 5.48. The van der Waals surface area contributed by atoms with Crippen molar-refractivity contribution in [3.8, 4) is 17.1 Å². The zero-order chi connectivity index (χ0) is 22.0. The minimum atomic E-state index is -0.497. The van der Waals surface area contributed by atoms with Gasteiger partial charge in [-0.3, -0.25) is 24.6 Å². The Hall–Kier alpha value is -3.07. The molecule has 2 aromatic rings. The number of nitrogens with zero attached hydrogens (tertiary/aromatic N) is 2. The van der Waals surface area contributed by atoms with E-state index in [2.05, 4.69) is 0 Å². The van der Waals surface area contributed by atoms with Crippen molar-refractivity contribution in [3.05, 3.63) is 51.1 Å². The fourth-order valence-corrected chi connectivity index (χ4v) is 4.82. The summed E-state index contributed by atoms with van der Waals surface area (Å²) in [6.07, 6.45) is 7.20.